The van der Waals surface area contributed by atoms with Crippen LogP contribution in [0.4, 0.5) is 0 Å². The smallest absolute Gasteiger partial charge is 0.217 e. The average molecular weight is 235 g/mol. The lowest BCUT2D eigenvalue weighted by Gasteiger charge is -2.41. The first-order valence-electron chi connectivity index (χ1n) is 4.93. The fraction of sp³-hybridized carbons (Fsp3) is 0.889. The second-order valence-corrected chi connectivity index (χ2v) is 3.67. The third-order valence-corrected chi connectivity index (χ3v) is 2.48. The van der Waals surface area contributed by atoms with Crippen molar-refractivity contribution in [2.75, 3.05) is 13.7 Å². The summed E-state index contributed by atoms with van der Waals surface area (Å²) >= 11 is 0. The molecule has 1 aliphatic rings. The van der Waals surface area contributed by atoms with E-state index in [0.717, 1.165) is 0 Å². The van der Waals surface area contributed by atoms with Gasteiger partial charge in [-0.05, 0) is 0 Å². The summed E-state index contributed by atoms with van der Waals surface area (Å²) in [5.74, 6) is -0.371. The molecule has 0 bridgehead atoms. The molecule has 0 aromatic carbocycles. The molecule has 1 rings (SSSR count). The molecular formula is C9H17NO6. The van der Waals surface area contributed by atoms with Gasteiger partial charge in [-0.2, -0.15) is 0 Å². The largest absolute Gasteiger partial charge is 0.394 e. The standard InChI is InChI=1S/C9H17NO6/c1-4(12)10-6-8(14)7(13)5(3-11)16-9(6)15-2/h5-9,11,13-14H,3H2,1-2H3,(H,10,12)/t5?,6?,7-,8-,9-/m1/s1. The van der Waals surface area contributed by atoms with Crippen LogP contribution in [0, 0.1) is 0 Å². The van der Waals surface area contributed by atoms with E-state index in [-0.39, 0.29) is 5.91 Å². The Balaban J connectivity index is 2.77. The van der Waals surface area contributed by atoms with E-state index in [0.29, 0.717) is 0 Å². The van der Waals surface area contributed by atoms with E-state index in [1.807, 2.05) is 0 Å². The summed E-state index contributed by atoms with van der Waals surface area (Å²) in [6.45, 7) is 0.842. The Morgan fingerprint density at radius 3 is 2.50 bits per heavy atom. The van der Waals surface area contributed by atoms with Crippen molar-refractivity contribution >= 4 is 5.91 Å². The SMILES string of the molecule is CO[C@@H]1OC(CO)[C@@H](O)[C@H](O)C1NC(C)=O. The van der Waals surface area contributed by atoms with Crippen LogP contribution < -0.4 is 5.32 Å². The molecule has 4 N–H and O–H groups in total. The van der Waals surface area contributed by atoms with Gasteiger partial charge < -0.3 is 30.1 Å². The average Bonchev–Trinajstić information content (AvgIpc) is 2.25. The molecule has 1 saturated heterocycles. The summed E-state index contributed by atoms with van der Waals surface area (Å²) in [6.07, 6.45) is -4.35. The van der Waals surface area contributed by atoms with Gasteiger partial charge in [0.15, 0.2) is 6.29 Å². The highest BCUT2D eigenvalue weighted by atomic mass is 16.7. The normalized spacial score (nSPS) is 39.4. The predicted octanol–water partition coefficient (Wildman–Crippen LogP) is -2.42. The number of nitrogens with one attached hydrogen (secondary N) is 1. The monoisotopic (exact) mass is 235 g/mol. The maximum absolute atomic E-state index is 10.9. The Bertz CT molecular complexity index is 246. The van der Waals surface area contributed by atoms with Crippen LogP contribution in [-0.2, 0) is 14.3 Å². The van der Waals surface area contributed by atoms with Gasteiger partial charge in [-0.1, -0.05) is 0 Å². The first-order chi connectivity index (χ1) is 7.51. The minimum atomic E-state index is -1.27. The van der Waals surface area contributed by atoms with E-state index < -0.39 is 37.3 Å². The molecular weight excluding hydrogens is 218 g/mol. The van der Waals surface area contributed by atoms with Crippen LogP contribution in [0.25, 0.3) is 0 Å². The van der Waals surface area contributed by atoms with Crippen molar-refractivity contribution in [1.82, 2.24) is 5.32 Å². The van der Waals surface area contributed by atoms with Gasteiger partial charge in [0.25, 0.3) is 0 Å². The number of ether oxygens (including phenoxy) is 2. The van der Waals surface area contributed by atoms with Crippen molar-refractivity contribution in [3.63, 3.8) is 0 Å². The van der Waals surface area contributed by atoms with E-state index in [1.54, 1.807) is 0 Å². The lowest BCUT2D eigenvalue weighted by atomic mass is 9.97. The van der Waals surface area contributed by atoms with Crippen molar-refractivity contribution in [2.24, 2.45) is 0 Å². The zero-order valence-corrected chi connectivity index (χ0v) is 9.16. The van der Waals surface area contributed by atoms with E-state index in [1.165, 1.54) is 14.0 Å². The lowest BCUT2D eigenvalue weighted by molar-refractivity contribution is -0.262. The van der Waals surface area contributed by atoms with Gasteiger partial charge in [-0.3, -0.25) is 4.79 Å². The number of aliphatic hydroxyl groups excluding tert-OH is 3. The van der Waals surface area contributed by atoms with Crippen molar-refractivity contribution < 1.29 is 29.6 Å². The first kappa shape index (κ1) is 13.3. The lowest BCUT2D eigenvalue weighted by Crippen LogP contribution is -2.64. The van der Waals surface area contributed by atoms with Crippen LogP contribution in [0.3, 0.4) is 0 Å². The van der Waals surface area contributed by atoms with E-state index in [4.69, 9.17) is 14.6 Å². The second kappa shape index (κ2) is 5.55. The minimum absolute atomic E-state index is 0.371. The first-order valence-corrected chi connectivity index (χ1v) is 4.93. The molecule has 94 valence electrons. The molecule has 1 fully saturated rings. The second-order valence-electron chi connectivity index (χ2n) is 3.67. The van der Waals surface area contributed by atoms with Gasteiger partial charge in [-0.25, -0.2) is 0 Å². The number of carbonyl (C=O) groups excluding carboxylic acids is 1. The Morgan fingerprint density at radius 1 is 1.44 bits per heavy atom. The molecule has 0 aliphatic carbocycles. The molecule has 0 spiro atoms. The fourth-order valence-corrected chi connectivity index (χ4v) is 1.67. The molecule has 1 heterocycles. The molecule has 2 unspecified atom stereocenters. The van der Waals surface area contributed by atoms with Gasteiger partial charge in [0.05, 0.1) is 6.61 Å². The minimum Gasteiger partial charge on any atom is -0.394 e. The maximum atomic E-state index is 10.9. The predicted molar refractivity (Wildman–Crippen MR) is 52.4 cm³/mol. The van der Waals surface area contributed by atoms with Crippen molar-refractivity contribution in [2.45, 2.75) is 37.6 Å². The zero-order valence-electron chi connectivity index (χ0n) is 9.16. The molecule has 1 amide bonds. The van der Waals surface area contributed by atoms with Crippen molar-refractivity contribution in [3.8, 4) is 0 Å². The summed E-state index contributed by atoms with van der Waals surface area (Å²) in [6, 6.07) is -0.861. The summed E-state index contributed by atoms with van der Waals surface area (Å²) in [4.78, 5) is 10.9. The zero-order chi connectivity index (χ0) is 12.3. The molecule has 0 radical (unpaired) electrons. The molecule has 1 aliphatic heterocycles. The summed E-state index contributed by atoms with van der Waals surface area (Å²) in [5, 5.41) is 30.7. The van der Waals surface area contributed by atoms with Gasteiger partial charge in [0.2, 0.25) is 5.91 Å². The summed E-state index contributed by atoms with van der Waals surface area (Å²) in [7, 11) is 1.35. The number of rotatable bonds is 3. The Morgan fingerprint density at radius 2 is 2.06 bits per heavy atom. The van der Waals surface area contributed by atoms with Crippen LogP contribution in [0.1, 0.15) is 6.92 Å². The van der Waals surface area contributed by atoms with Crippen LogP contribution in [0.5, 0.6) is 0 Å². The molecule has 0 aromatic heterocycles. The fourth-order valence-electron chi connectivity index (χ4n) is 1.67. The van der Waals surface area contributed by atoms with Gasteiger partial charge in [0.1, 0.15) is 24.4 Å². The summed E-state index contributed by atoms with van der Waals surface area (Å²) in [5.41, 5.74) is 0. The van der Waals surface area contributed by atoms with Crippen LogP contribution in [0.2, 0.25) is 0 Å². The number of aliphatic hydroxyl groups is 3. The highest BCUT2D eigenvalue weighted by molar-refractivity contribution is 5.73. The maximum Gasteiger partial charge on any atom is 0.217 e. The number of hydrogen-bond acceptors (Lipinski definition) is 6. The van der Waals surface area contributed by atoms with Gasteiger partial charge >= 0.3 is 0 Å². The highest BCUT2D eigenvalue weighted by Gasteiger charge is 2.44. The number of methoxy groups -OCH3 is 1. The van der Waals surface area contributed by atoms with Crippen molar-refractivity contribution in [1.29, 1.82) is 0 Å². The van der Waals surface area contributed by atoms with E-state index >= 15 is 0 Å². The molecule has 0 saturated carbocycles. The molecule has 7 heteroatoms. The number of carbonyl (C=O) groups is 1. The highest BCUT2D eigenvalue weighted by Crippen LogP contribution is 2.21. The van der Waals surface area contributed by atoms with E-state index in [2.05, 4.69) is 5.32 Å². The molecule has 0 aromatic rings. The third kappa shape index (κ3) is 2.69. The molecule has 16 heavy (non-hydrogen) atoms. The van der Waals surface area contributed by atoms with Crippen LogP contribution in [0.15, 0.2) is 0 Å². The van der Waals surface area contributed by atoms with E-state index in [9.17, 15) is 15.0 Å². The molecule has 7 nitrogen and oxygen atoms in total. The topological polar surface area (TPSA) is 108 Å². The summed E-state index contributed by atoms with van der Waals surface area (Å²) < 4.78 is 10.1. The van der Waals surface area contributed by atoms with Gasteiger partial charge in [-0.15, -0.1) is 0 Å². The quantitative estimate of drug-likeness (QED) is 0.433. The van der Waals surface area contributed by atoms with Crippen LogP contribution in [-0.4, -0.2) is 65.6 Å². The Kier molecular flexibility index (Phi) is 4.63. The third-order valence-electron chi connectivity index (χ3n) is 2.48. The number of hydrogen-bond donors (Lipinski definition) is 4. The number of amides is 1. The Labute approximate surface area is 93.0 Å². The van der Waals surface area contributed by atoms with Crippen LogP contribution >= 0.6 is 0 Å². The van der Waals surface area contributed by atoms with Gasteiger partial charge in [0, 0.05) is 14.0 Å². The van der Waals surface area contributed by atoms with Crippen molar-refractivity contribution in [3.05, 3.63) is 0 Å². The molecule has 5 atom stereocenters. The Hall–Kier alpha value is -0.730.